The molecule has 5 heteroatoms. The van der Waals surface area contributed by atoms with Crippen molar-refractivity contribution in [3.8, 4) is 5.75 Å². The Morgan fingerprint density at radius 2 is 2.19 bits per heavy atom. The van der Waals surface area contributed by atoms with Gasteiger partial charge in [-0.15, -0.1) is 0 Å². The molecule has 1 unspecified atom stereocenters. The van der Waals surface area contributed by atoms with E-state index in [9.17, 15) is 0 Å². The van der Waals surface area contributed by atoms with Crippen LogP contribution in [0.15, 0.2) is 30.5 Å². The molecule has 1 aliphatic rings. The number of anilines is 1. The molecule has 3 rings (SSSR count). The maximum Gasteiger partial charge on any atom is 0.134 e. The van der Waals surface area contributed by atoms with E-state index in [0.717, 1.165) is 35.4 Å². The Balaban J connectivity index is 1.87. The van der Waals surface area contributed by atoms with Gasteiger partial charge in [0.15, 0.2) is 0 Å². The zero-order valence-electron chi connectivity index (χ0n) is 12.4. The Bertz CT molecular complexity index is 624. The lowest BCUT2D eigenvalue weighted by atomic mass is 10.0. The van der Waals surface area contributed by atoms with Gasteiger partial charge in [0.1, 0.15) is 17.2 Å². The van der Waals surface area contributed by atoms with Gasteiger partial charge in [-0.05, 0) is 12.1 Å². The Morgan fingerprint density at radius 1 is 1.29 bits per heavy atom. The van der Waals surface area contributed by atoms with Crippen molar-refractivity contribution in [2.45, 2.75) is 12.0 Å². The number of aromatic nitrogens is 1. The average Bonchev–Trinajstić information content (AvgIpc) is 3.01. The van der Waals surface area contributed by atoms with Gasteiger partial charge in [-0.3, -0.25) is 0 Å². The lowest BCUT2D eigenvalue weighted by Gasteiger charge is -2.26. The van der Waals surface area contributed by atoms with Crippen LogP contribution in [0.1, 0.15) is 6.42 Å². The van der Waals surface area contributed by atoms with E-state index in [1.54, 1.807) is 20.4 Å². The van der Waals surface area contributed by atoms with Crippen LogP contribution in [0.25, 0.3) is 10.8 Å². The van der Waals surface area contributed by atoms with Gasteiger partial charge in [-0.25, -0.2) is 4.98 Å². The second kappa shape index (κ2) is 5.87. The summed E-state index contributed by atoms with van der Waals surface area (Å²) in [4.78, 5) is 4.45. The van der Waals surface area contributed by atoms with E-state index < -0.39 is 0 Å². The number of rotatable bonds is 5. The minimum Gasteiger partial charge on any atom is -0.496 e. The highest BCUT2D eigenvalue weighted by Gasteiger charge is 2.34. The van der Waals surface area contributed by atoms with Gasteiger partial charge in [-0.1, -0.05) is 12.1 Å². The van der Waals surface area contributed by atoms with Crippen molar-refractivity contribution in [3.05, 3.63) is 30.5 Å². The molecule has 1 aliphatic heterocycles. The SMILES string of the molecule is COc1cccc2c(NCC3(OC)CCOC3)nccc12. The molecule has 2 aromatic rings. The van der Waals surface area contributed by atoms with Crippen molar-refractivity contribution in [1.29, 1.82) is 0 Å². The highest BCUT2D eigenvalue weighted by Crippen LogP contribution is 2.30. The van der Waals surface area contributed by atoms with E-state index >= 15 is 0 Å². The first kappa shape index (κ1) is 14.1. The molecule has 5 nitrogen and oxygen atoms in total. The molecule has 1 atom stereocenters. The standard InChI is InChI=1S/C16H20N2O3/c1-19-14-5-3-4-13-12(14)6-8-17-15(13)18-10-16(20-2)7-9-21-11-16/h3-6,8H,7,9-11H2,1-2H3,(H,17,18). The molecule has 0 spiro atoms. The molecule has 1 N–H and O–H groups in total. The molecule has 0 aliphatic carbocycles. The van der Waals surface area contributed by atoms with Gasteiger partial charge in [0, 0.05) is 43.7 Å². The van der Waals surface area contributed by atoms with E-state index in [4.69, 9.17) is 14.2 Å². The van der Waals surface area contributed by atoms with Crippen LogP contribution in [-0.4, -0.2) is 44.6 Å². The van der Waals surface area contributed by atoms with E-state index in [2.05, 4.69) is 10.3 Å². The molecule has 0 saturated carbocycles. The normalized spacial score (nSPS) is 21.6. The molecule has 0 bridgehead atoms. The predicted octanol–water partition coefficient (Wildman–Crippen LogP) is 2.46. The van der Waals surface area contributed by atoms with Gasteiger partial charge in [-0.2, -0.15) is 0 Å². The van der Waals surface area contributed by atoms with Crippen LogP contribution in [0.3, 0.4) is 0 Å². The number of hydrogen-bond acceptors (Lipinski definition) is 5. The number of hydrogen-bond donors (Lipinski definition) is 1. The Kier molecular flexibility index (Phi) is 3.94. The molecule has 112 valence electrons. The van der Waals surface area contributed by atoms with Crippen LogP contribution >= 0.6 is 0 Å². The summed E-state index contributed by atoms with van der Waals surface area (Å²) in [5, 5.41) is 5.49. The van der Waals surface area contributed by atoms with Crippen molar-refractivity contribution in [2.75, 3.05) is 39.3 Å². The lowest BCUT2D eigenvalue weighted by molar-refractivity contribution is -0.00623. The summed E-state index contributed by atoms with van der Waals surface area (Å²) in [7, 11) is 3.41. The van der Waals surface area contributed by atoms with Gasteiger partial charge >= 0.3 is 0 Å². The largest absolute Gasteiger partial charge is 0.496 e. The summed E-state index contributed by atoms with van der Waals surface area (Å²) in [5.41, 5.74) is -0.261. The van der Waals surface area contributed by atoms with Crippen molar-refractivity contribution in [1.82, 2.24) is 4.98 Å². The molecular formula is C16H20N2O3. The average molecular weight is 288 g/mol. The van der Waals surface area contributed by atoms with Crippen molar-refractivity contribution in [2.24, 2.45) is 0 Å². The van der Waals surface area contributed by atoms with Gasteiger partial charge < -0.3 is 19.5 Å². The number of pyridine rings is 1. The zero-order valence-corrected chi connectivity index (χ0v) is 12.4. The molecule has 1 fully saturated rings. The number of ether oxygens (including phenoxy) is 3. The number of nitrogens with zero attached hydrogens (tertiary/aromatic N) is 1. The fourth-order valence-electron chi connectivity index (χ4n) is 2.70. The number of benzene rings is 1. The number of nitrogens with one attached hydrogen (secondary N) is 1. The zero-order chi connectivity index (χ0) is 14.7. The Labute approximate surface area is 124 Å². The number of fused-ring (bicyclic) bond motifs is 1. The highest BCUT2D eigenvalue weighted by molar-refractivity contribution is 5.95. The predicted molar refractivity (Wildman–Crippen MR) is 82.0 cm³/mol. The smallest absolute Gasteiger partial charge is 0.134 e. The monoisotopic (exact) mass is 288 g/mol. The molecule has 21 heavy (non-hydrogen) atoms. The fourth-order valence-corrected chi connectivity index (χ4v) is 2.70. The molecule has 0 amide bonds. The maximum atomic E-state index is 5.64. The summed E-state index contributed by atoms with van der Waals surface area (Å²) >= 11 is 0. The third kappa shape index (κ3) is 2.66. The first-order valence-corrected chi connectivity index (χ1v) is 7.06. The second-order valence-corrected chi connectivity index (χ2v) is 5.26. The van der Waals surface area contributed by atoms with Crippen LogP contribution in [0.2, 0.25) is 0 Å². The van der Waals surface area contributed by atoms with Gasteiger partial charge in [0.2, 0.25) is 0 Å². The molecule has 2 heterocycles. The fraction of sp³-hybridized carbons (Fsp3) is 0.438. The van der Waals surface area contributed by atoms with E-state index in [0.29, 0.717) is 13.2 Å². The topological polar surface area (TPSA) is 52.6 Å². The third-order valence-electron chi connectivity index (χ3n) is 4.06. The molecule has 1 saturated heterocycles. The Morgan fingerprint density at radius 3 is 2.90 bits per heavy atom. The van der Waals surface area contributed by atoms with Crippen molar-refractivity contribution >= 4 is 16.6 Å². The molecule has 1 aromatic carbocycles. The third-order valence-corrected chi connectivity index (χ3v) is 4.06. The van der Waals surface area contributed by atoms with Crippen LogP contribution in [0.5, 0.6) is 5.75 Å². The summed E-state index contributed by atoms with van der Waals surface area (Å²) < 4.78 is 16.5. The van der Waals surface area contributed by atoms with Crippen LogP contribution in [0.4, 0.5) is 5.82 Å². The quantitative estimate of drug-likeness (QED) is 0.916. The molecule has 0 radical (unpaired) electrons. The summed E-state index contributed by atoms with van der Waals surface area (Å²) in [6.45, 7) is 2.03. The summed E-state index contributed by atoms with van der Waals surface area (Å²) in [6.07, 6.45) is 2.68. The Hall–Kier alpha value is -1.85. The first-order chi connectivity index (χ1) is 10.3. The van der Waals surface area contributed by atoms with E-state index in [-0.39, 0.29) is 5.60 Å². The highest BCUT2D eigenvalue weighted by atomic mass is 16.5. The summed E-state index contributed by atoms with van der Waals surface area (Å²) in [5.74, 6) is 1.69. The minimum atomic E-state index is -0.261. The van der Waals surface area contributed by atoms with Crippen molar-refractivity contribution < 1.29 is 14.2 Å². The van der Waals surface area contributed by atoms with Crippen LogP contribution in [0, 0.1) is 0 Å². The van der Waals surface area contributed by atoms with Crippen LogP contribution in [-0.2, 0) is 9.47 Å². The molecular weight excluding hydrogens is 268 g/mol. The molecule has 1 aromatic heterocycles. The minimum absolute atomic E-state index is 0.261. The van der Waals surface area contributed by atoms with Gasteiger partial charge in [0.25, 0.3) is 0 Å². The van der Waals surface area contributed by atoms with Gasteiger partial charge in [0.05, 0.1) is 13.7 Å². The van der Waals surface area contributed by atoms with Crippen LogP contribution < -0.4 is 10.1 Å². The second-order valence-electron chi connectivity index (χ2n) is 5.26. The van der Waals surface area contributed by atoms with E-state index in [1.165, 1.54) is 0 Å². The lowest BCUT2D eigenvalue weighted by Crippen LogP contribution is -2.39. The van der Waals surface area contributed by atoms with Crippen molar-refractivity contribution in [3.63, 3.8) is 0 Å². The summed E-state index contributed by atoms with van der Waals surface area (Å²) in [6, 6.07) is 7.92. The maximum absolute atomic E-state index is 5.64. The van der Waals surface area contributed by atoms with E-state index in [1.807, 2.05) is 24.3 Å². The number of methoxy groups -OCH3 is 2. The first-order valence-electron chi connectivity index (χ1n) is 7.06.